The Bertz CT molecular complexity index is 529. The van der Waals surface area contributed by atoms with E-state index in [9.17, 15) is 4.39 Å². The van der Waals surface area contributed by atoms with Crippen LogP contribution in [0.15, 0.2) is 35.4 Å². The quantitative estimate of drug-likeness (QED) is 0.815. The van der Waals surface area contributed by atoms with E-state index in [-0.39, 0.29) is 5.82 Å². The van der Waals surface area contributed by atoms with Crippen molar-refractivity contribution >= 4 is 6.08 Å². The zero-order valence-electron chi connectivity index (χ0n) is 9.77. The van der Waals surface area contributed by atoms with Crippen molar-refractivity contribution in [2.75, 3.05) is 0 Å². The molecule has 88 valence electrons. The number of halogens is 1. The Balaban J connectivity index is 2.41. The highest BCUT2D eigenvalue weighted by Gasteiger charge is 2.28. The van der Waals surface area contributed by atoms with Crippen LogP contribution >= 0.6 is 0 Å². The van der Waals surface area contributed by atoms with Crippen molar-refractivity contribution in [1.82, 2.24) is 10.1 Å². The monoisotopic (exact) mass is 232 g/mol. The predicted molar refractivity (Wildman–Crippen MR) is 62.9 cm³/mol. The highest BCUT2D eigenvalue weighted by molar-refractivity contribution is 5.36. The minimum Gasteiger partial charge on any atom is -0.335 e. The van der Waals surface area contributed by atoms with Gasteiger partial charge in [-0.1, -0.05) is 23.9 Å². The van der Waals surface area contributed by atoms with Crippen molar-refractivity contribution in [1.29, 1.82) is 0 Å². The minimum atomic E-state index is -0.432. The maximum atomic E-state index is 12.9. The van der Waals surface area contributed by atoms with E-state index in [1.165, 1.54) is 18.2 Å². The van der Waals surface area contributed by atoms with Crippen molar-refractivity contribution in [3.8, 4) is 0 Å². The van der Waals surface area contributed by atoms with E-state index >= 15 is 0 Å². The number of aromatic nitrogens is 2. The van der Waals surface area contributed by atoms with Crippen LogP contribution in [0.5, 0.6) is 0 Å². The largest absolute Gasteiger partial charge is 0.335 e. The van der Waals surface area contributed by atoms with E-state index in [2.05, 4.69) is 16.7 Å². The summed E-state index contributed by atoms with van der Waals surface area (Å²) in [7, 11) is 0. The molecule has 1 aromatic heterocycles. The lowest BCUT2D eigenvalue weighted by Crippen LogP contribution is -2.20. The smallest absolute Gasteiger partial charge is 0.250 e. The molecule has 0 bridgehead atoms. The van der Waals surface area contributed by atoms with Gasteiger partial charge in [-0.2, -0.15) is 4.98 Å². The zero-order valence-corrected chi connectivity index (χ0v) is 9.77. The SMILES string of the molecule is C=Cc1nc(C(C)(C)c2ccc(F)cc2)no1. The lowest BCUT2D eigenvalue weighted by Gasteiger charge is -2.20. The van der Waals surface area contributed by atoms with Crippen molar-refractivity contribution in [3.05, 3.63) is 53.9 Å². The van der Waals surface area contributed by atoms with Crippen LogP contribution in [-0.4, -0.2) is 10.1 Å². The van der Waals surface area contributed by atoms with Crippen molar-refractivity contribution in [2.24, 2.45) is 0 Å². The van der Waals surface area contributed by atoms with Crippen LogP contribution in [0.1, 0.15) is 31.1 Å². The summed E-state index contributed by atoms with van der Waals surface area (Å²) in [5.41, 5.74) is 0.494. The van der Waals surface area contributed by atoms with Crippen molar-refractivity contribution in [2.45, 2.75) is 19.3 Å². The Labute approximate surface area is 99.0 Å². The molecule has 0 spiro atoms. The molecular weight excluding hydrogens is 219 g/mol. The molecule has 3 nitrogen and oxygen atoms in total. The summed E-state index contributed by atoms with van der Waals surface area (Å²) in [5.74, 6) is 0.679. The number of benzene rings is 1. The van der Waals surface area contributed by atoms with Gasteiger partial charge in [-0.25, -0.2) is 4.39 Å². The molecule has 0 aliphatic rings. The van der Waals surface area contributed by atoms with Crippen LogP contribution in [0, 0.1) is 5.82 Å². The number of hydrogen-bond donors (Lipinski definition) is 0. The molecule has 2 rings (SSSR count). The Hall–Kier alpha value is -1.97. The second-order valence-electron chi connectivity index (χ2n) is 4.29. The summed E-state index contributed by atoms with van der Waals surface area (Å²) in [4.78, 5) is 4.21. The lowest BCUT2D eigenvalue weighted by atomic mass is 9.84. The van der Waals surface area contributed by atoms with Gasteiger partial charge in [-0.15, -0.1) is 0 Å². The summed E-state index contributed by atoms with van der Waals surface area (Å²) < 4.78 is 17.9. The van der Waals surface area contributed by atoms with Gasteiger partial charge in [0.05, 0.1) is 5.41 Å². The van der Waals surface area contributed by atoms with Crippen LogP contribution in [0.4, 0.5) is 4.39 Å². The topological polar surface area (TPSA) is 38.9 Å². The molecule has 0 fully saturated rings. The average Bonchev–Trinajstić information content (AvgIpc) is 2.78. The minimum absolute atomic E-state index is 0.260. The first-order valence-electron chi connectivity index (χ1n) is 5.26. The summed E-state index contributed by atoms with van der Waals surface area (Å²) in [6.45, 7) is 7.48. The molecule has 2 aromatic rings. The fourth-order valence-electron chi connectivity index (χ4n) is 1.57. The summed E-state index contributed by atoms with van der Waals surface area (Å²) in [6.07, 6.45) is 1.50. The van der Waals surface area contributed by atoms with Gasteiger partial charge < -0.3 is 4.52 Å². The maximum Gasteiger partial charge on any atom is 0.250 e. The fraction of sp³-hybridized carbons (Fsp3) is 0.231. The van der Waals surface area contributed by atoms with Gasteiger partial charge in [0.2, 0.25) is 5.89 Å². The average molecular weight is 232 g/mol. The summed E-state index contributed by atoms with van der Waals surface area (Å²) in [6, 6.07) is 6.29. The van der Waals surface area contributed by atoms with Gasteiger partial charge in [0.15, 0.2) is 5.82 Å². The fourth-order valence-corrected chi connectivity index (χ4v) is 1.57. The highest BCUT2D eigenvalue weighted by Crippen LogP contribution is 2.29. The second-order valence-corrected chi connectivity index (χ2v) is 4.29. The molecule has 0 amide bonds. The van der Waals surface area contributed by atoms with Crippen LogP contribution in [-0.2, 0) is 5.41 Å². The maximum absolute atomic E-state index is 12.9. The first-order valence-corrected chi connectivity index (χ1v) is 5.26. The molecule has 0 N–H and O–H groups in total. The molecule has 0 aliphatic heterocycles. The van der Waals surface area contributed by atoms with Crippen molar-refractivity contribution in [3.63, 3.8) is 0 Å². The van der Waals surface area contributed by atoms with Crippen LogP contribution in [0.25, 0.3) is 6.08 Å². The van der Waals surface area contributed by atoms with Gasteiger partial charge in [-0.05, 0) is 37.6 Å². The Kier molecular flexibility index (Phi) is 2.79. The summed E-state index contributed by atoms with van der Waals surface area (Å²) in [5, 5.41) is 3.91. The molecule has 0 unspecified atom stereocenters. The zero-order chi connectivity index (χ0) is 12.5. The number of nitrogens with zero attached hydrogens (tertiary/aromatic N) is 2. The van der Waals surface area contributed by atoms with Gasteiger partial charge in [0, 0.05) is 0 Å². The Morgan fingerprint density at radius 1 is 1.29 bits per heavy atom. The standard InChI is InChI=1S/C13H13FN2O/c1-4-11-15-12(16-17-11)13(2,3)9-5-7-10(14)8-6-9/h4-8H,1H2,2-3H3. The van der Waals surface area contributed by atoms with Gasteiger partial charge in [-0.3, -0.25) is 0 Å². The number of rotatable bonds is 3. The van der Waals surface area contributed by atoms with E-state index in [4.69, 9.17) is 4.52 Å². The molecule has 4 heteroatoms. The Morgan fingerprint density at radius 2 is 1.94 bits per heavy atom. The first-order chi connectivity index (χ1) is 8.04. The molecule has 17 heavy (non-hydrogen) atoms. The molecule has 0 aliphatic carbocycles. The highest BCUT2D eigenvalue weighted by atomic mass is 19.1. The van der Waals surface area contributed by atoms with E-state index in [0.717, 1.165) is 5.56 Å². The van der Waals surface area contributed by atoms with E-state index in [0.29, 0.717) is 11.7 Å². The van der Waals surface area contributed by atoms with Gasteiger partial charge in [0.25, 0.3) is 0 Å². The van der Waals surface area contributed by atoms with Gasteiger partial charge in [0.1, 0.15) is 5.82 Å². The van der Waals surface area contributed by atoms with Gasteiger partial charge >= 0.3 is 0 Å². The van der Waals surface area contributed by atoms with Crippen LogP contribution in [0.3, 0.4) is 0 Å². The molecule has 1 heterocycles. The first kappa shape index (κ1) is 11.5. The molecule has 1 aromatic carbocycles. The second kappa shape index (κ2) is 4.13. The third kappa shape index (κ3) is 2.11. The Morgan fingerprint density at radius 3 is 2.47 bits per heavy atom. The van der Waals surface area contributed by atoms with Crippen LogP contribution < -0.4 is 0 Å². The van der Waals surface area contributed by atoms with E-state index in [1.807, 2.05) is 13.8 Å². The van der Waals surface area contributed by atoms with E-state index in [1.54, 1.807) is 12.1 Å². The van der Waals surface area contributed by atoms with Crippen molar-refractivity contribution < 1.29 is 8.91 Å². The normalized spacial score (nSPS) is 11.5. The molecule has 0 saturated heterocycles. The molecule has 0 radical (unpaired) electrons. The molecular formula is C13H13FN2O. The van der Waals surface area contributed by atoms with E-state index < -0.39 is 5.41 Å². The molecule has 0 atom stereocenters. The third-order valence-electron chi connectivity index (χ3n) is 2.74. The lowest BCUT2D eigenvalue weighted by molar-refractivity contribution is 0.391. The predicted octanol–water partition coefficient (Wildman–Crippen LogP) is 3.18. The van der Waals surface area contributed by atoms with Crippen LogP contribution in [0.2, 0.25) is 0 Å². The number of hydrogen-bond acceptors (Lipinski definition) is 3. The summed E-state index contributed by atoms with van der Waals surface area (Å²) >= 11 is 0. The third-order valence-corrected chi connectivity index (χ3v) is 2.74. The molecule has 0 saturated carbocycles.